The van der Waals surface area contributed by atoms with Gasteiger partial charge in [-0.1, -0.05) is 0 Å². The molecule has 0 bridgehead atoms. The van der Waals surface area contributed by atoms with Gasteiger partial charge < -0.3 is 4.74 Å². The maximum atomic E-state index is 11.3. The number of carbonyl (C=O) groups excluding carboxylic acids is 1. The minimum Gasteiger partial charge on any atom is -0.444 e. The predicted octanol–water partition coefficient (Wildman–Crippen LogP) is 2.59. The van der Waals surface area contributed by atoms with Gasteiger partial charge in [-0.15, -0.1) is 0 Å². The first-order valence-electron chi connectivity index (χ1n) is 4.35. The first-order valence-corrected chi connectivity index (χ1v) is 5.15. The van der Waals surface area contributed by atoms with Crippen molar-refractivity contribution in [1.29, 1.82) is 0 Å². The third-order valence-corrected chi connectivity index (χ3v) is 1.68. The summed E-state index contributed by atoms with van der Waals surface area (Å²) in [6.07, 6.45) is 0.963. The van der Waals surface area contributed by atoms with Crippen molar-refractivity contribution in [3.8, 4) is 0 Å². The van der Waals surface area contributed by atoms with Crippen molar-refractivity contribution in [3.05, 3.63) is 16.9 Å². The van der Waals surface area contributed by atoms with Crippen molar-refractivity contribution < 1.29 is 9.53 Å². The van der Waals surface area contributed by atoms with E-state index in [1.807, 2.05) is 0 Å². The van der Waals surface area contributed by atoms with Gasteiger partial charge in [-0.3, -0.25) is 5.32 Å². The molecular weight excluding hydrogens is 262 g/mol. The number of amides is 1. The van der Waals surface area contributed by atoms with Crippen molar-refractivity contribution in [2.24, 2.45) is 0 Å². The molecule has 0 aromatic carbocycles. The van der Waals surface area contributed by atoms with Gasteiger partial charge in [0.2, 0.25) is 5.95 Å². The number of hydrogen-bond donors (Lipinski definition) is 1. The van der Waals surface area contributed by atoms with E-state index in [-0.39, 0.29) is 5.95 Å². The molecule has 0 atom stereocenters. The molecule has 1 rings (SSSR count). The monoisotopic (exact) mass is 273 g/mol. The fraction of sp³-hybridized carbons (Fsp3) is 0.444. The van der Waals surface area contributed by atoms with Crippen molar-refractivity contribution in [2.75, 3.05) is 5.32 Å². The molecule has 0 aliphatic heterocycles. The summed E-state index contributed by atoms with van der Waals surface area (Å²) in [5, 5.41) is 2.43. The Bertz CT molecular complexity index is 363. The molecule has 1 N–H and O–H groups in total. The van der Waals surface area contributed by atoms with Gasteiger partial charge in [-0.25, -0.2) is 14.8 Å². The van der Waals surface area contributed by atoms with Crippen LogP contribution in [-0.4, -0.2) is 21.7 Å². The second kappa shape index (κ2) is 4.57. The molecule has 0 fully saturated rings. The van der Waals surface area contributed by atoms with E-state index in [9.17, 15) is 4.79 Å². The smallest absolute Gasteiger partial charge is 0.414 e. The largest absolute Gasteiger partial charge is 0.444 e. The van der Waals surface area contributed by atoms with Gasteiger partial charge in [-0.05, 0) is 42.8 Å². The molecule has 15 heavy (non-hydrogen) atoms. The minimum absolute atomic E-state index is 0.207. The fourth-order valence-electron chi connectivity index (χ4n) is 0.792. The Hall–Kier alpha value is -1.17. The third kappa shape index (κ3) is 4.73. The lowest BCUT2D eigenvalue weighted by molar-refractivity contribution is 0.0634. The van der Waals surface area contributed by atoms with Gasteiger partial charge in [-0.2, -0.15) is 0 Å². The van der Waals surface area contributed by atoms with Crippen molar-refractivity contribution in [3.63, 3.8) is 0 Å². The number of ether oxygens (including phenoxy) is 1. The molecule has 1 aromatic rings. The van der Waals surface area contributed by atoms with Crippen LogP contribution in [0.25, 0.3) is 0 Å². The standard InChI is InChI=1S/C9H12BrN3O2/c1-9(2,3)15-8(14)13-7-11-5-4-6(10)12-7/h4-5H,1-3H3,(H,11,12,13,14). The Labute approximate surface area is 96.4 Å². The number of rotatable bonds is 1. The fourth-order valence-corrected chi connectivity index (χ4v) is 1.08. The van der Waals surface area contributed by atoms with Crippen LogP contribution in [0.3, 0.4) is 0 Å². The topological polar surface area (TPSA) is 64.1 Å². The summed E-state index contributed by atoms with van der Waals surface area (Å²) in [6.45, 7) is 5.36. The number of anilines is 1. The van der Waals surface area contributed by atoms with Crippen LogP contribution >= 0.6 is 15.9 Å². The minimum atomic E-state index is -0.569. The number of carbonyl (C=O) groups is 1. The third-order valence-electron chi connectivity index (χ3n) is 1.23. The lowest BCUT2D eigenvalue weighted by Gasteiger charge is -2.19. The van der Waals surface area contributed by atoms with Crippen LogP contribution in [0, 0.1) is 0 Å². The molecule has 1 aromatic heterocycles. The zero-order chi connectivity index (χ0) is 11.5. The van der Waals surface area contributed by atoms with E-state index in [4.69, 9.17) is 4.74 Å². The van der Waals surface area contributed by atoms with E-state index in [0.717, 1.165) is 0 Å². The van der Waals surface area contributed by atoms with Crippen LogP contribution in [0.2, 0.25) is 0 Å². The summed E-state index contributed by atoms with van der Waals surface area (Å²) < 4.78 is 5.64. The maximum absolute atomic E-state index is 11.3. The molecule has 1 amide bonds. The van der Waals surface area contributed by atoms with E-state index < -0.39 is 11.7 Å². The van der Waals surface area contributed by atoms with Gasteiger partial charge in [0.15, 0.2) is 0 Å². The molecule has 0 saturated heterocycles. The zero-order valence-electron chi connectivity index (χ0n) is 8.74. The van der Waals surface area contributed by atoms with Gasteiger partial charge in [0.1, 0.15) is 10.2 Å². The van der Waals surface area contributed by atoms with Gasteiger partial charge in [0.05, 0.1) is 0 Å². The Morgan fingerprint density at radius 3 is 2.73 bits per heavy atom. The molecule has 6 heteroatoms. The number of nitrogens with one attached hydrogen (secondary N) is 1. The number of nitrogens with zero attached hydrogens (tertiary/aromatic N) is 2. The average Bonchev–Trinajstić information content (AvgIpc) is 1.99. The molecule has 5 nitrogen and oxygen atoms in total. The molecule has 82 valence electrons. The highest BCUT2D eigenvalue weighted by molar-refractivity contribution is 9.10. The van der Waals surface area contributed by atoms with Crippen LogP contribution in [0.1, 0.15) is 20.8 Å². The van der Waals surface area contributed by atoms with E-state index in [1.165, 1.54) is 6.20 Å². The zero-order valence-corrected chi connectivity index (χ0v) is 10.3. The van der Waals surface area contributed by atoms with Gasteiger partial charge in [0.25, 0.3) is 0 Å². The molecule has 0 aliphatic rings. The molecule has 0 spiro atoms. The van der Waals surface area contributed by atoms with E-state index in [0.29, 0.717) is 4.60 Å². The SMILES string of the molecule is CC(C)(C)OC(=O)Nc1nccc(Br)n1. The lowest BCUT2D eigenvalue weighted by atomic mass is 10.2. The lowest BCUT2D eigenvalue weighted by Crippen LogP contribution is -2.27. The van der Waals surface area contributed by atoms with Crippen LogP contribution in [0.5, 0.6) is 0 Å². The quantitative estimate of drug-likeness (QED) is 0.799. The summed E-state index contributed by atoms with van der Waals surface area (Å²) in [6, 6.07) is 1.67. The normalized spacial score (nSPS) is 10.9. The molecule has 0 aliphatic carbocycles. The summed E-state index contributed by atoms with van der Waals surface area (Å²) in [5.41, 5.74) is -0.532. The number of hydrogen-bond acceptors (Lipinski definition) is 4. The van der Waals surface area contributed by atoms with Crippen LogP contribution < -0.4 is 5.32 Å². The van der Waals surface area contributed by atoms with Crippen LogP contribution in [0.4, 0.5) is 10.7 Å². The summed E-state index contributed by atoms with van der Waals surface area (Å²) in [5.74, 6) is 0.207. The van der Waals surface area contributed by atoms with E-state index in [1.54, 1.807) is 26.8 Å². The highest BCUT2D eigenvalue weighted by Crippen LogP contribution is 2.10. The number of aromatic nitrogens is 2. The summed E-state index contributed by atoms with van der Waals surface area (Å²) >= 11 is 3.17. The van der Waals surface area contributed by atoms with Crippen LogP contribution in [-0.2, 0) is 4.74 Å². The van der Waals surface area contributed by atoms with Crippen molar-refractivity contribution >= 4 is 28.0 Å². The van der Waals surface area contributed by atoms with Crippen molar-refractivity contribution in [1.82, 2.24) is 9.97 Å². The Balaban J connectivity index is 2.59. The second-order valence-electron chi connectivity index (χ2n) is 3.83. The highest BCUT2D eigenvalue weighted by atomic mass is 79.9. The van der Waals surface area contributed by atoms with Gasteiger partial charge >= 0.3 is 6.09 Å². The Kier molecular flexibility index (Phi) is 3.62. The second-order valence-corrected chi connectivity index (χ2v) is 4.64. The van der Waals surface area contributed by atoms with E-state index >= 15 is 0 Å². The van der Waals surface area contributed by atoms with Crippen molar-refractivity contribution in [2.45, 2.75) is 26.4 Å². The average molecular weight is 274 g/mol. The molecule has 0 radical (unpaired) electrons. The Morgan fingerprint density at radius 1 is 1.53 bits per heavy atom. The Morgan fingerprint density at radius 2 is 2.20 bits per heavy atom. The molecule has 0 saturated carbocycles. The summed E-state index contributed by atoms with van der Waals surface area (Å²) in [7, 11) is 0. The van der Waals surface area contributed by atoms with Crippen LogP contribution in [0.15, 0.2) is 16.9 Å². The molecule has 0 unspecified atom stereocenters. The maximum Gasteiger partial charge on any atom is 0.414 e. The molecular formula is C9H12BrN3O2. The predicted molar refractivity (Wildman–Crippen MR) is 59.6 cm³/mol. The summed E-state index contributed by atoms with van der Waals surface area (Å²) in [4.78, 5) is 19.1. The molecule has 1 heterocycles. The van der Waals surface area contributed by atoms with E-state index in [2.05, 4.69) is 31.2 Å². The highest BCUT2D eigenvalue weighted by Gasteiger charge is 2.16. The van der Waals surface area contributed by atoms with Gasteiger partial charge in [0, 0.05) is 6.20 Å². The first-order chi connectivity index (χ1) is 6.87. The number of halogens is 1. The first kappa shape index (κ1) is 11.9.